The first-order valence-electron chi connectivity index (χ1n) is 8.01. The molecule has 0 aromatic heterocycles. The lowest BCUT2D eigenvalue weighted by atomic mass is 9.98. The number of rotatable bonds is 5. The van der Waals surface area contributed by atoms with Gasteiger partial charge in [-0.2, -0.15) is 8.78 Å². The minimum absolute atomic E-state index is 0.0325. The van der Waals surface area contributed by atoms with Crippen molar-refractivity contribution in [3.8, 4) is 0 Å². The zero-order valence-corrected chi connectivity index (χ0v) is 14.3. The van der Waals surface area contributed by atoms with Crippen LogP contribution in [0, 0.1) is 11.6 Å². The summed E-state index contributed by atoms with van der Waals surface area (Å²) >= 11 is 0. The molecule has 0 spiro atoms. The van der Waals surface area contributed by atoms with Crippen LogP contribution in [-0.2, 0) is 16.8 Å². The van der Waals surface area contributed by atoms with Crippen molar-refractivity contribution in [2.75, 3.05) is 6.61 Å². The molecule has 0 radical (unpaired) electrons. The number of hydrogen-bond donors (Lipinski definition) is 4. The molecular weight excluding hydrogens is 402 g/mol. The monoisotopic (exact) mass is 415 g/mol. The molecule has 1 unspecified atom stereocenters. The molecule has 4 N–H and O–H groups in total. The minimum atomic E-state index is -4.13. The van der Waals surface area contributed by atoms with Gasteiger partial charge in [0.1, 0.15) is 24.3 Å². The Hall–Kier alpha value is -2.86. The number of hydrogen-bond acceptors (Lipinski definition) is 7. The highest BCUT2D eigenvalue weighted by Crippen LogP contribution is 2.35. The molecule has 0 amide bonds. The third-order valence-electron chi connectivity index (χ3n) is 4.15. The quantitative estimate of drug-likeness (QED) is 0.333. The van der Waals surface area contributed by atoms with Gasteiger partial charge in [-0.15, -0.1) is 0 Å². The summed E-state index contributed by atoms with van der Waals surface area (Å²) in [4.78, 5) is 16.1. The Morgan fingerprint density at radius 3 is 2.14 bits per heavy atom. The van der Waals surface area contributed by atoms with E-state index in [0.29, 0.717) is 12.1 Å². The first kappa shape index (κ1) is 20.9. The molecule has 154 valence electrons. The van der Waals surface area contributed by atoms with Crippen LogP contribution in [0.4, 0.5) is 17.6 Å². The van der Waals surface area contributed by atoms with Crippen molar-refractivity contribution in [1.82, 2.24) is 0 Å². The van der Waals surface area contributed by atoms with Gasteiger partial charge in [0.2, 0.25) is 0 Å². The maximum atomic E-state index is 13.8. The van der Waals surface area contributed by atoms with E-state index in [-0.39, 0.29) is 12.2 Å². The Labute approximate surface area is 160 Å². The molecule has 0 fully saturated rings. The van der Waals surface area contributed by atoms with Gasteiger partial charge in [-0.3, -0.25) is 4.79 Å². The summed E-state index contributed by atoms with van der Waals surface area (Å²) in [7, 11) is 0. The standard InChI is InChI=1S/C18H13F4NO6/c19-11-2-1-3-12(20)14(11)15(24)16-23-13(7-29-16)8-4-5-9(17(21,25)26)10(6-8)18(22,27)28/h1-6,13,25-28H,7H2. The van der Waals surface area contributed by atoms with E-state index in [1.807, 2.05) is 0 Å². The second-order valence-electron chi connectivity index (χ2n) is 6.17. The predicted molar refractivity (Wildman–Crippen MR) is 87.7 cm³/mol. The second kappa shape index (κ2) is 7.19. The lowest BCUT2D eigenvalue weighted by Gasteiger charge is -2.22. The first-order chi connectivity index (χ1) is 13.4. The van der Waals surface area contributed by atoms with E-state index in [0.717, 1.165) is 24.3 Å². The smallest absolute Gasteiger partial charge is 0.344 e. The van der Waals surface area contributed by atoms with Crippen LogP contribution in [0.5, 0.6) is 0 Å². The molecule has 3 rings (SSSR count). The lowest BCUT2D eigenvalue weighted by Crippen LogP contribution is -2.28. The molecule has 0 bridgehead atoms. The van der Waals surface area contributed by atoms with Crippen molar-refractivity contribution >= 4 is 11.7 Å². The van der Waals surface area contributed by atoms with Crippen LogP contribution in [0.3, 0.4) is 0 Å². The van der Waals surface area contributed by atoms with Crippen LogP contribution in [0.25, 0.3) is 0 Å². The van der Waals surface area contributed by atoms with Crippen molar-refractivity contribution in [3.63, 3.8) is 0 Å². The Balaban J connectivity index is 1.97. The molecule has 1 heterocycles. The molecule has 1 aliphatic rings. The molecule has 1 aliphatic heterocycles. The maximum absolute atomic E-state index is 13.8. The van der Waals surface area contributed by atoms with Crippen molar-refractivity contribution in [2.24, 2.45) is 4.99 Å². The average Bonchev–Trinajstić information content (AvgIpc) is 3.09. The molecule has 7 nitrogen and oxygen atoms in total. The van der Waals surface area contributed by atoms with Gasteiger partial charge in [-0.05, 0) is 29.8 Å². The number of ketones is 1. The van der Waals surface area contributed by atoms with Crippen LogP contribution >= 0.6 is 0 Å². The van der Waals surface area contributed by atoms with Crippen LogP contribution in [0.2, 0.25) is 0 Å². The zero-order valence-electron chi connectivity index (χ0n) is 14.3. The zero-order chi connectivity index (χ0) is 21.6. The number of alkyl halides is 2. The van der Waals surface area contributed by atoms with Crippen LogP contribution in [0.15, 0.2) is 41.4 Å². The van der Waals surface area contributed by atoms with Gasteiger partial charge in [-0.1, -0.05) is 12.1 Å². The summed E-state index contributed by atoms with van der Waals surface area (Å²) in [5.74, 6) is -4.10. The number of benzene rings is 2. The highest BCUT2D eigenvalue weighted by Gasteiger charge is 2.39. The summed E-state index contributed by atoms with van der Waals surface area (Å²) in [5, 5.41) is 36.3. The third-order valence-corrected chi connectivity index (χ3v) is 4.15. The highest BCUT2D eigenvalue weighted by atomic mass is 19.2. The van der Waals surface area contributed by atoms with Gasteiger partial charge in [0.05, 0.1) is 16.7 Å². The second-order valence-corrected chi connectivity index (χ2v) is 6.17. The number of nitrogens with zero attached hydrogens (tertiary/aromatic N) is 1. The third kappa shape index (κ3) is 4.12. The number of Topliss-reactive ketones (excluding diaryl/α,β-unsaturated/α-hetero) is 1. The van der Waals surface area contributed by atoms with E-state index in [9.17, 15) is 22.4 Å². The lowest BCUT2D eigenvalue weighted by molar-refractivity contribution is -0.290. The van der Waals surface area contributed by atoms with Gasteiger partial charge >= 0.3 is 12.1 Å². The Morgan fingerprint density at radius 2 is 1.59 bits per heavy atom. The van der Waals surface area contributed by atoms with E-state index in [1.54, 1.807) is 0 Å². The van der Waals surface area contributed by atoms with E-state index >= 15 is 0 Å². The van der Waals surface area contributed by atoms with Crippen molar-refractivity contribution < 1.29 is 47.5 Å². The summed E-state index contributed by atoms with van der Waals surface area (Å²) in [6.45, 7) is -0.342. The normalized spacial score (nSPS) is 17.1. The maximum Gasteiger partial charge on any atom is 0.344 e. The molecule has 2 aromatic rings. The molecule has 0 saturated carbocycles. The number of ether oxygens (including phenoxy) is 1. The van der Waals surface area contributed by atoms with Crippen molar-refractivity contribution in [3.05, 3.63) is 70.3 Å². The highest BCUT2D eigenvalue weighted by molar-refractivity contribution is 6.43. The Morgan fingerprint density at radius 1 is 1.00 bits per heavy atom. The Kier molecular flexibility index (Phi) is 5.17. The fraction of sp³-hybridized carbons (Fsp3) is 0.222. The molecule has 0 aliphatic carbocycles. The number of carbonyl (C=O) groups is 1. The van der Waals surface area contributed by atoms with Crippen LogP contribution in [0.1, 0.15) is 33.1 Å². The van der Waals surface area contributed by atoms with Crippen LogP contribution < -0.4 is 0 Å². The molecule has 11 heteroatoms. The molecule has 0 saturated heterocycles. The predicted octanol–water partition coefficient (Wildman–Crippen LogP) is 1.45. The van der Waals surface area contributed by atoms with E-state index < -0.39 is 58.1 Å². The topological polar surface area (TPSA) is 120 Å². The van der Waals surface area contributed by atoms with Crippen molar-refractivity contribution in [1.29, 1.82) is 0 Å². The largest absolute Gasteiger partial charge is 0.472 e. The average molecular weight is 415 g/mol. The van der Waals surface area contributed by atoms with Gasteiger partial charge < -0.3 is 25.2 Å². The number of halogens is 4. The fourth-order valence-corrected chi connectivity index (χ4v) is 2.80. The van der Waals surface area contributed by atoms with E-state index in [4.69, 9.17) is 25.2 Å². The minimum Gasteiger partial charge on any atom is -0.472 e. The summed E-state index contributed by atoms with van der Waals surface area (Å²) in [5.41, 5.74) is -3.33. The van der Waals surface area contributed by atoms with Gasteiger partial charge in [0.15, 0.2) is 0 Å². The number of aliphatic imine (C=N–C) groups is 1. The van der Waals surface area contributed by atoms with Gasteiger partial charge in [0, 0.05) is 0 Å². The van der Waals surface area contributed by atoms with Crippen LogP contribution in [-0.4, -0.2) is 38.7 Å². The summed E-state index contributed by atoms with van der Waals surface area (Å²) < 4.78 is 59.6. The van der Waals surface area contributed by atoms with E-state index in [1.165, 1.54) is 0 Å². The molecule has 29 heavy (non-hydrogen) atoms. The summed E-state index contributed by atoms with van der Waals surface area (Å²) in [6, 6.07) is -4.10. The van der Waals surface area contributed by atoms with Gasteiger partial charge in [0.25, 0.3) is 11.7 Å². The Bertz CT molecular complexity index is 977. The molecular formula is C18H13F4NO6. The number of carbonyl (C=O) groups excluding carboxylic acids is 1. The molecule has 1 atom stereocenters. The summed E-state index contributed by atoms with van der Waals surface area (Å²) in [6.07, 6.45) is 0. The SMILES string of the molecule is O=C(C1=NC(c2ccc(C(O)(O)F)c(C(O)(O)F)c2)CO1)c1c(F)cccc1F. The van der Waals surface area contributed by atoms with Crippen molar-refractivity contribution in [2.45, 2.75) is 18.1 Å². The first-order valence-corrected chi connectivity index (χ1v) is 8.01. The number of aliphatic hydroxyl groups is 4. The molecule has 2 aromatic carbocycles. The fourth-order valence-electron chi connectivity index (χ4n) is 2.80. The van der Waals surface area contributed by atoms with E-state index in [2.05, 4.69) is 4.99 Å². The van der Waals surface area contributed by atoms with Gasteiger partial charge in [-0.25, -0.2) is 13.8 Å².